The van der Waals surface area contributed by atoms with Gasteiger partial charge in [-0.2, -0.15) is 0 Å². The van der Waals surface area contributed by atoms with E-state index in [-0.39, 0.29) is 5.91 Å². The third kappa shape index (κ3) is 2.44. The molecule has 1 N–H and O–H groups in total. The van der Waals surface area contributed by atoms with E-state index in [1.165, 1.54) is 34.9 Å². The summed E-state index contributed by atoms with van der Waals surface area (Å²) in [7, 11) is 0. The summed E-state index contributed by atoms with van der Waals surface area (Å²) in [6.07, 6.45) is 6.02. The normalized spacial score (nSPS) is 13.6. The number of thiazole rings is 1. The monoisotopic (exact) mass is 279 g/mol. The molecule has 0 radical (unpaired) electrons. The minimum Gasteiger partial charge on any atom is -0.351 e. The minimum absolute atomic E-state index is 0.0402. The van der Waals surface area contributed by atoms with Crippen molar-refractivity contribution in [1.82, 2.24) is 14.7 Å². The molecule has 0 atom stereocenters. The van der Waals surface area contributed by atoms with Gasteiger partial charge >= 0.3 is 0 Å². The molecule has 0 saturated heterocycles. The fourth-order valence-electron chi connectivity index (χ4n) is 2.05. The van der Waals surface area contributed by atoms with Gasteiger partial charge < -0.3 is 5.32 Å². The van der Waals surface area contributed by atoms with Crippen LogP contribution in [0.15, 0.2) is 12.3 Å². The van der Waals surface area contributed by atoms with Gasteiger partial charge in [-0.15, -0.1) is 11.3 Å². The molecule has 4 nitrogen and oxygen atoms in total. The molecule has 2 aromatic rings. The SMILES string of the molecule is O=C(NCCc1nc2c(s1)CCC2)c1ccns1. The molecular formula is C12H13N3OS2. The lowest BCUT2D eigenvalue weighted by Crippen LogP contribution is -2.24. The quantitative estimate of drug-likeness (QED) is 0.932. The number of amides is 1. The van der Waals surface area contributed by atoms with Crippen molar-refractivity contribution < 1.29 is 4.79 Å². The van der Waals surface area contributed by atoms with Gasteiger partial charge in [-0.3, -0.25) is 4.79 Å². The number of carbonyl (C=O) groups excluding carboxylic acids is 1. The molecule has 6 heteroatoms. The number of hydrogen-bond donors (Lipinski definition) is 1. The molecule has 2 aromatic heterocycles. The van der Waals surface area contributed by atoms with Gasteiger partial charge in [0.2, 0.25) is 0 Å². The molecule has 0 bridgehead atoms. The van der Waals surface area contributed by atoms with Gasteiger partial charge in [-0.1, -0.05) is 0 Å². The average Bonchev–Trinajstić information content (AvgIpc) is 3.05. The largest absolute Gasteiger partial charge is 0.351 e. The molecule has 18 heavy (non-hydrogen) atoms. The van der Waals surface area contributed by atoms with Crippen molar-refractivity contribution in [2.24, 2.45) is 0 Å². The molecule has 94 valence electrons. The number of nitrogens with zero attached hydrogens (tertiary/aromatic N) is 2. The highest BCUT2D eigenvalue weighted by atomic mass is 32.1. The maximum absolute atomic E-state index is 11.7. The molecule has 0 unspecified atom stereocenters. The fourth-order valence-corrected chi connectivity index (χ4v) is 3.72. The predicted molar refractivity (Wildman–Crippen MR) is 72.3 cm³/mol. The van der Waals surface area contributed by atoms with Gasteiger partial charge in [-0.25, -0.2) is 9.36 Å². The van der Waals surface area contributed by atoms with Crippen molar-refractivity contribution in [1.29, 1.82) is 0 Å². The van der Waals surface area contributed by atoms with Crippen molar-refractivity contribution in [3.8, 4) is 0 Å². The predicted octanol–water partition coefficient (Wildman–Crippen LogP) is 2.06. The highest BCUT2D eigenvalue weighted by molar-refractivity contribution is 7.11. The summed E-state index contributed by atoms with van der Waals surface area (Å²) in [4.78, 5) is 18.4. The van der Waals surface area contributed by atoms with Crippen LogP contribution in [0.2, 0.25) is 0 Å². The first kappa shape index (κ1) is 11.8. The van der Waals surface area contributed by atoms with Gasteiger partial charge in [-0.05, 0) is 36.9 Å². The summed E-state index contributed by atoms with van der Waals surface area (Å²) < 4.78 is 3.91. The third-order valence-corrected chi connectivity index (χ3v) is 4.89. The Morgan fingerprint density at radius 1 is 1.44 bits per heavy atom. The van der Waals surface area contributed by atoms with Crippen LogP contribution in [0.5, 0.6) is 0 Å². The Labute approximate surface area is 113 Å². The standard InChI is InChI=1S/C12H13N3OS2/c16-12(10-4-7-14-18-10)13-6-5-11-15-8-2-1-3-9(8)17-11/h4,7H,1-3,5-6H2,(H,13,16). The Morgan fingerprint density at radius 3 is 3.17 bits per heavy atom. The molecule has 1 aliphatic rings. The Morgan fingerprint density at radius 2 is 2.39 bits per heavy atom. The van der Waals surface area contributed by atoms with E-state index in [9.17, 15) is 4.79 Å². The zero-order valence-electron chi connectivity index (χ0n) is 9.81. The first-order valence-electron chi connectivity index (χ1n) is 5.99. The van der Waals surface area contributed by atoms with Gasteiger partial charge in [0.15, 0.2) is 0 Å². The first-order valence-corrected chi connectivity index (χ1v) is 7.58. The molecule has 0 aromatic carbocycles. The summed E-state index contributed by atoms with van der Waals surface area (Å²) in [6, 6.07) is 1.73. The summed E-state index contributed by atoms with van der Waals surface area (Å²) >= 11 is 3.02. The molecule has 0 fully saturated rings. The maximum atomic E-state index is 11.7. The second-order valence-corrected chi connectivity index (χ2v) is 6.22. The van der Waals surface area contributed by atoms with E-state index in [2.05, 4.69) is 14.7 Å². The van der Waals surface area contributed by atoms with Crippen LogP contribution in [0, 0.1) is 0 Å². The molecule has 3 rings (SSSR count). The number of fused-ring (bicyclic) bond motifs is 1. The highest BCUT2D eigenvalue weighted by Crippen LogP contribution is 2.27. The molecular weight excluding hydrogens is 266 g/mol. The molecule has 0 saturated carbocycles. The molecule has 0 spiro atoms. The van der Waals surface area contributed by atoms with Crippen molar-refractivity contribution >= 4 is 28.8 Å². The van der Waals surface area contributed by atoms with Crippen molar-refractivity contribution in [3.63, 3.8) is 0 Å². The summed E-state index contributed by atoms with van der Waals surface area (Å²) in [6.45, 7) is 0.642. The van der Waals surface area contributed by atoms with Crippen LogP contribution in [0.3, 0.4) is 0 Å². The van der Waals surface area contributed by atoms with Crippen molar-refractivity contribution in [2.45, 2.75) is 25.7 Å². The third-order valence-electron chi connectivity index (χ3n) is 2.93. The number of nitrogens with one attached hydrogen (secondary N) is 1. The number of hydrogen-bond acceptors (Lipinski definition) is 5. The summed E-state index contributed by atoms with van der Waals surface area (Å²) in [5.74, 6) is -0.0402. The number of aryl methyl sites for hydroxylation is 2. The van der Waals surface area contributed by atoms with E-state index in [1.807, 2.05) is 0 Å². The van der Waals surface area contributed by atoms with E-state index < -0.39 is 0 Å². The summed E-state index contributed by atoms with van der Waals surface area (Å²) in [5, 5.41) is 4.04. The van der Waals surface area contributed by atoms with Gasteiger partial charge in [0.05, 0.1) is 10.7 Å². The van der Waals surface area contributed by atoms with Crippen LogP contribution in [0.25, 0.3) is 0 Å². The van der Waals surface area contributed by atoms with E-state index in [0.717, 1.165) is 17.8 Å². The van der Waals surface area contributed by atoms with E-state index in [1.54, 1.807) is 23.6 Å². The number of aromatic nitrogens is 2. The second-order valence-electron chi connectivity index (χ2n) is 4.21. The molecule has 2 heterocycles. The lowest BCUT2D eigenvalue weighted by Gasteiger charge is -2.00. The zero-order valence-corrected chi connectivity index (χ0v) is 11.4. The second kappa shape index (κ2) is 5.16. The molecule has 1 amide bonds. The van der Waals surface area contributed by atoms with Crippen LogP contribution >= 0.6 is 22.9 Å². The Bertz CT molecular complexity index is 526. The first-order chi connectivity index (χ1) is 8.83. The fraction of sp³-hybridized carbons (Fsp3) is 0.417. The van der Waals surface area contributed by atoms with Crippen LogP contribution < -0.4 is 5.32 Å². The Hall–Kier alpha value is -1.27. The maximum Gasteiger partial charge on any atom is 0.262 e. The average molecular weight is 279 g/mol. The van der Waals surface area contributed by atoms with Gasteiger partial charge in [0.25, 0.3) is 5.91 Å². The van der Waals surface area contributed by atoms with Crippen LogP contribution in [-0.4, -0.2) is 21.8 Å². The van der Waals surface area contributed by atoms with Gasteiger partial charge in [0, 0.05) is 24.0 Å². The smallest absolute Gasteiger partial charge is 0.262 e. The van der Waals surface area contributed by atoms with Crippen LogP contribution in [-0.2, 0) is 19.3 Å². The highest BCUT2D eigenvalue weighted by Gasteiger charge is 2.16. The van der Waals surface area contributed by atoms with Crippen molar-refractivity contribution in [2.75, 3.05) is 6.54 Å². The van der Waals surface area contributed by atoms with Crippen LogP contribution in [0.1, 0.15) is 31.7 Å². The lowest BCUT2D eigenvalue weighted by molar-refractivity contribution is 0.0958. The number of rotatable bonds is 4. The zero-order chi connectivity index (χ0) is 12.4. The summed E-state index contributed by atoms with van der Waals surface area (Å²) in [5.41, 5.74) is 1.28. The topological polar surface area (TPSA) is 54.9 Å². The van der Waals surface area contributed by atoms with Crippen molar-refractivity contribution in [3.05, 3.63) is 32.7 Å². The molecule has 1 aliphatic carbocycles. The Kier molecular flexibility index (Phi) is 3.38. The van der Waals surface area contributed by atoms with Crippen LogP contribution in [0.4, 0.5) is 0 Å². The van der Waals surface area contributed by atoms with E-state index in [4.69, 9.17) is 0 Å². The lowest BCUT2D eigenvalue weighted by atomic mass is 10.3. The van der Waals surface area contributed by atoms with E-state index >= 15 is 0 Å². The number of carbonyl (C=O) groups is 1. The van der Waals surface area contributed by atoms with E-state index in [0.29, 0.717) is 11.4 Å². The van der Waals surface area contributed by atoms with Gasteiger partial charge in [0.1, 0.15) is 4.88 Å². The molecule has 0 aliphatic heterocycles. The Balaban J connectivity index is 1.51. The minimum atomic E-state index is -0.0402.